The molecule has 0 saturated heterocycles. The van der Waals surface area contributed by atoms with E-state index >= 15 is 0 Å². The Hall–Kier alpha value is -0.750. The van der Waals surface area contributed by atoms with E-state index in [0.717, 1.165) is 11.8 Å². The number of rotatable bonds is 4. The van der Waals surface area contributed by atoms with Gasteiger partial charge in [-0.3, -0.25) is 4.79 Å². The van der Waals surface area contributed by atoms with Crippen LogP contribution in [-0.2, 0) is 9.53 Å². The number of ether oxygens (including phenoxy) is 1. The summed E-state index contributed by atoms with van der Waals surface area (Å²) in [7, 11) is 0. The first-order chi connectivity index (χ1) is 5.57. The Morgan fingerprint density at radius 2 is 2.25 bits per heavy atom. The first-order valence-electron chi connectivity index (χ1n) is 3.35. The Bertz CT molecular complexity index is 173. The van der Waals surface area contributed by atoms with Gasteiger partial charge in [-0.05, 0) is 18.7 Å². The molecule has 70 valence electrons. The van der Waals surface area contributed by atoms with Crippen LogP contribution in [0.15, 0.2) is 0 Å². The maximum atomic E-state index is 10.7. The van der Waals surface area contributed by atoms with E-state index in [1.165, 1.54) is 0 Å². The normalized spacial score (nSPS) is 12.2. The van der Waals surface area contributed by atoms with E-state index in [4.69, 9.17) is 10.8 Å². The van der Waals surface area contributed by atoms with Crippen LogP contribution >= 0.6 is 11.8 Å². The van der Waals surface area contributed by atoms with Crippen LogP contribution in [0.2, 0.25) is 0 Å². The molecule has 12 heavy (non-hydrogen) atoms. The second-order valence-corrected chi connectivity index (χ2v) is 2.89. The highest BCUT2D eigenvalue weighted by atomic mass is 32.2. The van der Waals surface area contributed by atoms with Crippen LogP contribution in [0, 0.1) is 0 Å². The maximum Gasteiger partial charge on any atom is 0.367 e. The van der Waals surface area contributed by atoms with Crippen LogP contribution in [0.3, 0.4) is 0 Å². The van der Waals surface area contributed by atoms with E-state index in [1.807, 2.05) is 0 Å². The number of hydrogen-bond acceptors (Lipinski definition) is 5. The van der Waals surface area contributed by atoms with Gasteiger partial charge in [-0.2, -0.15) is 0 Å². The summed E-state index contributed by atoms with van der Waals surface area (Å²) in [4.78, 5) is 20.8. The maximum absolute atomic E-state index is 10.7. The van der Waals surface area contributed by atoms with E-state index in [0.29, 0.717) is 0 Å². The molecule has 5 nitrogen and oxygen atoms in total. The molecular formula is C6H11NO4S. The molecule has 0 fully saturated rings. The number of aliphatic carboxylic acids is 1. The highest BCUT2D eigenvalue weighted by Gasteiger charge is 2.14. The lowest BCUT2D eigenvalue weighted by Gasteiger charge is -2.04. The quantitative estimate of drug-likeness (QED) is 0.623. The first kappa shape index (κ1) is 11.2. The molecule has 0 saturated carbocycles. The molecule has 0 aromatic carbocycles. The molecule has 0 unspecified atom stereocenters. The minimum absolute atomic E-state index is 0.0359. The van der Waals surface area contributed by atoms with Crippen molar-refractivity contribution < 1.29 is 19.4 Å². The van der Waals surface area contributed by atoms with E-state index in [2.05, 4.69) is 4.74 Å². The average Bonchev–Trinajstić information content (AvgIpc) is 2.00. The molecular weight excluding hydrogens is 182 g/mol. The number of carboxylic acid groups (broad SMARTS) is 1. The molecule has 0 aliphatic rings. The van der Waals surface area contributed by atoms with Crippen molar-refractivity contribution in [3.05, 3.63) is 0 Å². The van der Waals surface area contributed by atoms with Gasteiger partial charge in [-0.1, -0.05) is 0 Å². The number of carbonyl (C=O) groups excluding carboxylic acids is 1. The second kappa shape index (κ2) is 5.84. The lowest BCUT2D eigenvalue weighted by Crippen LogP contribution is -2.32. The molecule has 1 atom stereocenters. The highest BCUT2D eigenvalue weighted by molar-refractivity contribution is 8.13. The Balaban J connectivity index is 3.54. The molecule has 0 amide bonds. The zero-order valence-corrected chi connectivity index (χ0v) is 7.47. The predicted molar refractivity (Wildman–Crippen MR) is 45.1 cm³/mol. The molecule has 0 radical (unpaired) electrons. The molecule has 0 aliphatic heterocycles. The molecule has 0 aliphatic carbocycles. The summed E-state index contributed by atoms with van der Waals surface area (Å²) in [6.45, 7) is 1.96. The van der Waals surface area contributed by atoms with Crippen LogP contribution in [-0.4, -0.2) is 34.8 Å². The summed E-state index contributed by atoms with van der Waals surface area (Å²) in [6.07, 6.45) is 0. The predicted octanol–water partition coefficient (Wildman–Crippen LogP) is 0.288. The fraction of sp³-hybridized carbons (Fsp3) is 0.667. The smallest absolute Gasteiger partial charge is 0.367 e. The van der Waals surface area contributed by atoms with Crippen molar-refractivity contribution in [3.63, 3.8) is 0 Å². The number of nitrogens with two attached hydrogens (primary N) is 1. The topological polar surface area (TPSA) is 89.6 Å². The highest BCUT2D eigenvalue weighted by Crippen LogP contribution is 2.05. The Morgan fingerprint density at radius 3 is 2.67 bits per heavy atom. The van der Waals surface area contributed by atoms with Crippen molar-refractivity contribution in [2.75, 3.05) is 12.4 Å². The largest absolute Gasteiger partial charge is 0.480 e. The minimum Gasteiger partial charge on any atom is -0.480 e. The third-order valence-corrected chi connectivity index (χ3v) is 1.84. The lowest BCUT2D eigenvalue weighted by molar-refractivity contribution is -0.137. The van der Waals surface area contributed by atoms with Crippen molar-refractivity contribution in [2.24, 2.45) is 5.73 Å². The van der Waals surface area contributed by atoms with Gasteiger partial charge in [0.15, 0.2) is 0 Å². The summed E-state index contributed by atoms with van der Waals surface area (Å²) in [5.74, 6) is -1.08. The Morgan fingerprint density at radius 1 is 1.67 bits per heavy atom. The number of carbonyl (C=O) groups is 2. The van der Waals surface area contributed by atoms with Crippen LogP contribution < -0.4 is 5.73 Å². The summed E-state index contributed by atoms with van der Waals surface area (Å²) in [5.41, 5.74) is 5.13. The molecule has 0 aromatic heterocycles. The van der Waals surface area contributed by atoms with Crippen molar-refractivity contribution in [3.8, 4) is 0 Å². The first-order valence-corrected chi connectivity index (χ1v) is 4.34. The lowest BCUT2D eigenvalue weighted by atomic mass is 10.4. The van der Waals surface area contributed by atoms with Crippen LogP contribution in [0.25, 0.3) is 0 Å². The number of thioether (sulfide) groups is 1. The zero-order valence-electron chi connectivity index (χ0n) is 6.65. The molecule has 6 heteroatoms. The van der Waals surface area contributed by atoms with Gasteiger partial charge in [-0.15, -0.1) is 0 Å². The molecule has 0 rings (SSSR count). The SMILES string of the molecule is CCOC(=O)SC[C@H](N)C(=O)O. The van der Waals surface area contributed by atoms with Gasteiger partial charge in [0.25, 0.3) is 0 Å². The van der Waals surface area contributed by atoms with Gasteiger partial charge in [0.1, 0.15) is 6.04 Å². The Labute approximate surface area is 74.3 Å². The van der Waals surface area contributed by atoms with Gasteiger partial charge in [-0.25, -0.2) is 4.79 Å². The third-order valence-electron chi connectivity index (χ3n) is 0.960. The van der Waals surface area contributed by atoms with Gasteiger partial charge in [0.2, 0.25) is 0 Å². The van der Waals surface area contributed by atoms with Crippen LogP contribution in [0.1, 0.15) is 6.92 Å². The van der Waals surface area contributed by atoms with Crippen LogP contribution in [0.5, 0.6) is 0 Å². The van der Waals surface area contributed by atoms with Crippen molar-refractivity contribution in [2.45, 2.75) is 13.0 Å². The Kier molecular flexibility index (Phi) is 5.48. The molecule has 0 heterocycles. The van der Waals surface area contributed by atoms with E-state index in [9.17, 15) is 9.59 Å². The van der Waals surface area contributed by atoms with Gasteiger partial charge >= 0.3 is 11.3 Å². The summed E-state index contributed by atoms with van der Waals surface area (Å²) < 4.78 is 4.55. The standard InChI is InChI=1S/C6H11NO4S/c1-2-11-6(10)12-3-4(7)5(8)9/h4H,2-3,7H2,1H3,(H,8,9)/t4-/m0/s1. The summed E-state index contributed by atoms with van der Waals surface area (Å²) in [6, 6.07) is -1.01. The molecule has 0 bridgehead atoms. The molecule has 0 spiro atoms. The summed E-state index contributed by atoms with van der Waals surface area (Å²) in [5, 5.41) is 7.84. The second-order valence-electron chi connectivity index (χ2n) is 1.94. The average molecular weight is 193 g/mol. The van der Waals surface area contributed by atoms with Gasteiger partial charge < -0.3 is 15.6 Å². The number of hydrogen-bond donors (Lipinski definition) is 2. The fourth-order valence-corrected chi connectivity index (χ4v) is 1.05. The zero-order chi connectivity index (χ0) is 9.56. The van der Waals surface area contributed by atoms with E-state index in [-0.39, 0.29) is 12.4 Å². The van der Waals surface area contributed by atoms with Crippen LogP contribution in [0.4, 0.5) is 4.79 Å². The van der Waals surface area contributed by atoms with E-state index in [1.54, 1.807) is 6.92 Å². The van der Waals surface area contributed by atoms with Crippen molar-refractivity contribution >= 4 is 23.0 Å². The number of carboxylic acids is 1. The van der Waals surface area contributed by atoms with E-state index < -0.39 is 17.3 Å². The summed E-state index contributed by atoms with van der Waals surface area (Å²) >= 11 is 0.770. The molecule has 0 aromatic rings. The van der Waals surface area contributed by atoms with Gasteiger partial charge in [0.05, 0.1) is 6.61 Å². The van der Waals surface area contributed by atoms with Gasteiger partial charge in [0, 0.05) is 5.75 Å². The van der Waals surface area contributed by atoms with Crippen molar-refractivity contribution in [1.29, 1.82) is 0 Å². The molecule has 3 N–H and O–H groups in total. The fourth-order valence-electron chi connectivity index (χ4n) is 0.389. The minimum atomic E-state index is -1.12. The monoisotopic (exact) mass is 193 g/mol. The third kappa shape index (κ3) is 4.97. The van der Waals surface area contributed by atoms with Crippen molar-refractivity contribution in [1.82, 2.24) is 0 Å².